The summed E-state index contributed by atoms with van der Waals surface area (Å²) in [6, 6.07) is 0. The molecule has 1 aliphatic rings. The number of hydrogen-bond acceptors (Lipinski definition) is 3. The minimum Gasteiger partial charge on any atom is -0.383 e. The Balaban J connectivity index is 0.00000289. The van der Waals surface area contributed by atoms with Crippen LogP contribution in [0.2, 0.25) is 0 Å². The van der Waals surface area contributed by atoms with Crippen LogP contribution in [-0.4, -0.2) is 50.7 Å². The minimum atomic E-state index is 0. The highest BCUT2D eigenvalue weighted by Crippen LogP contribution is 2.27. The maximum Gasteiger partial charge on any atom is 0.236 e. The molecule has 1 aliphatic carbocycles. The van der Waals surface area contributed by atoms with Gasteiger partial charge < -0.3 is 15.0 Å². The molecule has 4 nitrogen and oxygen atoms in total. The first-order valence-corrected chi connectivity index (χ1v) is 6.61. The summed E-state index contributed by atoms with van der Waals surface area (Å²) < 4.78 is 5.04. The molecule has 1 saturated carbocycles. The highest BCUT2D eigenvalue weighted by molar-refractivity contribution is 5.85. The highest BCUT2D eigenvalue weighted by atomic mass is 35.5. The van der Waals surface area contributed by atoms with Gasteiger partial charge in [0.25, 0.3) is 0 Å². The molecule has 18 heavy (non-hydrogen) atoms. The number of nitrogens with zero attached hydrogens (tertiary/aromatic N) is 1. The van der Waals surface area contributed by atoms with E-state index < -0.39 is 0 Å². The van der Waals surface area contributed by atoms with Gasteiger partial charge in [0.05, 0.1) is 13.2 Å². The zero-order valence-electron chi connectivity index (χ0n) is 11.8. The molecule has 1 fully saturated rings. The second-order valence-corrected chi connectivity index (χ2v) is 5.30. The minimum absolute atomic E-state index is 0. The van der Waals surface area contributed by atoms with Gasteiger partial charge in [-0.1, -0.05) is 13.8 Å². The van der Waals surface area contributed by atoms with Crippen LogP contribution in [-0.2, 0) is 9.53 Å². The molecule has 0 bridgehead atoms. The molecule has 0 heterocycles. The number of methoxy groups -OCH3 is 1. The first-order chi connectivity index (χ1) is 8.13. The maximum absolute atomic E-state index is 12.0. The lowest BCUT2D eigenvalue weighted by atomic mass is 10.2. The monoisotopic (exact) mass is 278 g/mol. The molecule has 0 radical (unpaired) electrons. The zero-order chi connectivity index (χ0) is 12.7. The summed E-state index contributed by atoms with van der Waals surface area (Å²) in [6.45, 7) is 7.83. The largest absolute Gasteiger partial charge is 0.383 e. The quantitative estimate of drug-likeness (QED) is 0.696. The predicted molar refractivity (Wildman–Crippen MR) is 76.1 cm³/mol. The Morgan fingerprint density at radius 1 is 1.44 bits per heavy atom. The number of rotatable bonds is 9. The van der Waals surface area contributed by atoms with Crippen molar-refractivity contribution < 1.29 is 9.53 Å². The number of halogens is 1. The summed E-state index contributed by atoms with van der Waals surface area (Å²) in [5.74, 6) is 1.51. The molecule has 0 aromatic heterocycles. The number of nitrogens with one attached hydrogen (secondary N) is 1. The summed E-state index contributed by atoms with van der Waals surface area (Å²) in [7, 11) is 1.67. The molecule has 1 rings (SSSR count). The average Bonchev–Trinajstić information content (AvgIpc) is 3.07. The third kappa shape index (κ3) is 7.90. The molecular formula is C13H27ClN2O2. The third-order valence-electron chi connectivity index (χ3n) is 2.91. The lowest BCUT2D eigenvalue weighted by Gasteiger charge is -2.24. The van der Waals surface area contributed by atoms with Crippen LogP contribution in [0.4, 0.5) is 0 Å². The maximum atomic E-state index is 12.0. The Bertz CT molecular complexity index is 233. The van der Waals surface area contributed by atoms with Crippen LogP contribution < -0.4 is 5.32 Å². The van der Waals surface area contributed by atoms with E-state index in [0.29, 0.717) is 25.6 Å². The first kappa shape index (κ1) is 17.7. The Morgan fingerprint density at radius 3 is 2.61 bits per heavy atom. The molecule has 5 heteroatoms. The van der Waals surface area contributed by atoms with Gasteiger partial charge >= 0.3 is 0 Å². The van der Waals surface area contributed by atoms with E-state index in [-0.39, 0.29) is 18.3 Å². The molecule has 0 spiro atoms. The number of carbonyl (C=O) groups is 1. The molecule has 1 N–H and O–H groups in total. The summed E-state index contributed by atoms with van der Waals surface area (Å²) >= 11 is 0. The van der Waals surface area contributed by atoms with E-state index in [1.807, 2.05) is 4.90 Å². The van der Waals surface area contributed by atoms with E-state index in [4.69, 9.17) is 4.74 Å². The summed E-state index contributed by atoms with van der Waals surface area (Å²) in [4.78, 5) is 13.9. The smallest absolute Gasteiger partial charge is 0.236 e. The van der Waals surface area contributed by atoms with Gasteiger partial charge in [0.1, 0.15) is 0 Å². The van der Waals surface area contributed by atoms with Gasteiger partial charge in [0.15, 0.2) is 0 Å². The third-order valence-corrected chi connectivity index (χ3v) is 2.91. The number of carbonyl (C=O) groups excluding carboxylic acids is 1. The standard InChI is InChI=1S/C13H26N2O2.ClH/c1-11(2)10-15(6-7-17-3)13(16)9-14-8-12-4-5-12;/h11-12,14H,4-10H2,1-3H3;1H. The van der Waals surface area contributed by atoms with Crippen molar-refractivity contribution in [3.05, 3.63) is 0 Å². The second-order valence-electron chi connectivity index (χ2n) is 5.30. The number of hydrogen-bond donors (Lipinski definition) is 1. The van der Waals surface area contributed by atoms with Crippen molar-refractivity contribution in [2.45, 2.75) is 26.7 Å². The van der Waals surface area contributed by atoms with Crippen molar-refractivity contribution in [2.75, 3.05) is 39.9 Å². The van der Waals surface area contributed by atoms with E-state index in [0.717, 1.165) is 19.0 Å². The predicted octanol–water partition coefficient (Wildman–Crippen LogP) is 1.54. The van der Waals surface area contributed by atoms with Crippen LogP contribution in [0.3, 0.4) is 0 Å². The molecule has 1 amide bonds. The van der Waals surface area contributed by atoms with E-state index in [1.165, 1.54) is 12.8 Å². The molecule has 0 aromatic rings. The Kier molecular flexibility index (Phi) is 9.42. The Hall–Kier alpha value is -0.320. The summed E-state index contributed by atoms with van der Waals surface area (Å²) in [6.07, 6.45) is 2.64. The van der Waals surface area contributed by atoms with Crippen LogP contribution in [0.1, 0.15) is 26.7 Å². The molecule has 0 saturated heterocycles. The van der Waals surface area contributed by atoms with Gasteiger partial charge in [-0.15, -0.1) is 12.4 Å². The van der Waals surface area contributed by atoms with Crippen molar-refractivity contribution in [1.82, 2.24) is 10.2 Å². The van der Waals surface area contributed by atoms with Crippen LogP contribution in [0.15, 0.2) is 0 Å². The van der Waals surface area contributed by atoms with Crippen molar-refractivity contribution in [3.63, 3.8) is 0 Å². The zero-order valence-corrected chi connectivity index (χ0v) is 12.6. The van der Waals surface area contributed by atoms with E-state index >= 15 is 0 Å². The van der Waals surface area contributed by atoms with Crippen molar-refractivity contribution >= 4 is 18.3 Å². The van der Waals surface area contributed by atoms with Gasteiger partial charge in [-0.25, -0.2) is 0 Å². The van der Waals surface area contributed by atoms with Gasteiger partial charge in [0.2, 0.25) is 5.91 Å². The lowest BCUT2D eigenvalue weighted by Crippen LogP contribution is -2.42. The fourth-order valence-corrected chi connectivity index (χ4v) is 1.78. The topological polar surface area (TPSA) is 41.6 Å². The van der Waals surface area contributed by atoms with E-state index in [2.05, 4.69) is 19.2 Å². The summed E-state index contributed by atoms with van der Waals surface area (Å²) in [5.41, 5.74) is 0. The average molecular weight is 279 g/mol. The Morgan fingerprint density at radius 2 is 2.11 bits per heavy atom. The summed E-state index contributed by atoms with van der Waals surface area (Å²) in [5, 5.41) is 3.25. The molecular weight excluding hydrogens is 252 g/mol. The van der Waals surface area contributed by atoms with E-state index in [1.54, 1.807) is 7.11 Å². The SMILES string of the molecule is COCCN(CC(C)C)C(=O)CNCC1CC1.Cl. The fraction of sp³-hybridized carbons (Fsp3) is 0.923. The first-order valence-electron chi connectivity index (χ1n) is 6.61. The molecule has 108 valence electrons. The lowest BCUT2D eigenvalue weighted by molar-refractivity contribution is -0.131. The van der Waals surface area contributed by atoms with Gasteiger partial charge in [0, 0.05) is 20.2 Å². The van der Waals surface area contributed by atoms with Crippen molar-refractivity contribution in [2.24, 2.45) is 11.8 Å². The van der Waals surface area contributed by atoms with Gasteiger partial charge in [-0.05, 0) is 31.2 Å². The van der Waals surface area contributed by atoms with Crippen LogP contribution in [0, 0.1) is 11.8 Å². The van der Waals surface area contributed by atoms with Crippen molar-refractivity contribution in [3.8, 4) is 0 Å². The normalized spacial score (nSPS) is 14.4. The van der Waals surface area contributed by atoms with Crippen LogP contribution in [0.5, 0.6) is 0 Å². The van der Waals surface area contributed by atoms with Crippen LogP contribution in [0.25, 0.3) is 0 Å². The number of ether oxygens (including phenoxy) is 1. The molecule has 0 aromatic carbocycles. The second kappa shape index (κ2) is 9.59. The molecule has 0 atom stereocenters. The van der Waals surface area contributed by atoms with Crippen molar-refractivity contribution in [1.29, 1.82) is 0 Å². The van der Waals surface area contributed by atoms with Gasteiger partial charge in [-0.3, -0.25) is 4.79 Å². The van der Waals surface area contributed by atoms with E-state index in [9.17, 15) is 4.79 Å². The Labute approximate surface area is 117 Å². The fourth-order valence-electron chi connectivity index (χ4n) is 1.78. The highest BCUT2D eigenvalue weighted by Gasteiger charge is 2.21. The number of amides is 1. The molecule has 0 aliphatic heterocycles. The molecule has 0 unspecified atom stereocenters. The van der Waals surface area contributed by atoms with Crippen LogP contribution >= 0.6 is 12.4 Å². The van der Waals surface area contributed by atoms with Gasteiger partial charge in [-0.2, -0.15) is 0 Å².